The Morgan fingerprint density at radius 2 is 2.32 bits per heavy atom. The Labute approximate surface area is 111 Å². The maximum atomic E-state index is 11.0. The highest BCUT2D eigenvalue weighted by molar-refractivity contribution is 5.59. The number of hydrogen-bond acceptors (Lipinski definition) is 6. The third-order valence-corrected chi connectivity index (χ3v) is 3.79. The fraction of sp³-hybridized carbons (Fsp3) is 0.583. The number of nitro groups is 1. The second-order valence-electron chi connectivity index (χ2n) is 5.01. The standard InChI is InChI=1S/C12H19N5O2/c1-8-3-2-4-9(8)7-14-12-10(17(18)19)5-6-11(15-12)16-13/h5-6,8-9H,2-4,7,13H2,1H3,(H2,14,15,16). The molecule has 0 amide bonds. The SMILES string of the molecule is CC1CCCC1CNc1nc(NN)ccc1[N+](=O)[O-]. The van der Waals surface area contributed by atoms with Crippen LogP contribution in [0.1, 0.15) is 26.2 Å². The van der Waals surface area contributed by atoms with Gasteiger partial charge in [-0.15, -0.1) is 0 Å². The average molecular weight is 265 g/mol. The first kappa shape index (κ1) is 13.5. The minimum atomic E-state index is -0.437. The Bertz CT molecular complexity index is 465. The summed E-state index contributed by atoms with van der Waals surface area (Å²) in [6, 6.07) is 2.89. The molecule has 0 spiro atoms. The lowest BCUT2D eigenvalue weighted by Crippen LogP contribution is -2.18. The van der Waals surface area contributed by atoms with E-state index >= 15 is 0 Å². The third-order valence-electron chi connectivity index (χ3n) is 3.79. The minimum absolute atomic E-state index is 0.0235. The first-order chi connectivity index (χ1) is 9.11. The van der Waals surface area contributed by atoms with Crippen LogP contribution in [-0.4, -0.2) is 16.5 Å². The van der Waals surface area contributed by atoms with Gasteiger partial charge in [0.2, 0.25) is 5.82 Å². The smallest absolute Gasteiger partial charge is 0.311 e. The lowest BCUT2D eigenvalue weighted by Gasteiger charge is -2.16. The van der Waals surface area contributed by atoms with Gasteiger partial charge in [0, 0.05) is 12.6 Å². The quantitative estimate of drug-likeness (QED) is 0.428. The molecule has 1 aromatic heterocycles. The van der Waals surface area contributed by atoms with E-state index in [2.05, 4.69) is 22.7 Å². The van der Waals surface area contributed by atoms with Gasteiger partial charge in [-0.3, -0.25) is 10.1 Å². The van der Waals surface area contributed by atoms with Crippen molar-refractivity contribution in [2.45, 2.75) is 26.2 Å². The van der Waals surface area contributed by atoms with Crippen LogP contribution in [0.4, 0.5) is 17.3 Å². The number of hydrazine groups is 1. The zero-order valence-corrected chi connectivity index (χ0v) is 10.9. The number of pyridine rings is 1. The van der Waals surface area contributed by atoms with E-state index in [1.165, 1.54) is 25.0 Å². The van der Waals surface area contributed by atoms with Crippen LogP contribution >= 0.6 is 0 Å². The highest BCUT2D eigenvalue weighted by atomic mass is 16.6. The van der Waals surface area contributed by atoms with Crippen LogP contribution in [0.2, 0.25) is 0 Å². The Morgan fingerprint density at radius 3 is 2.89 bits per heavy atom. The van der Waals surface area contributed by atoms with Crippen molar-refractivity contribution >= 4 is 17.3 Å². The molecule has 0 aliphatic heterocycles. The molecule has 19 heavy (non-hydrogen) atoms. The van der Waals surface area contributed by atoms with Crippen LogP contribution in [0.5, 0.6) is 0 Å². The van der Waals surface area contributed by atoms with Crippen molar-refractivity contribution in [2.24, 2.45) is 17.7 Å². The van der Waals surface area contributed by atoms with Crippen molar-refractivity contribution in [3.8, 4) is 0 Å². The van der Waals surface area contributed by atoms with Crippen LogP contribution < -0.4 is 16.6 Å². The summed E-state index contributed by atoms with van der Waals surface area (Å²) in [6.45, 7) is 2.93. The van der Waals surface area contributed by atoms with Gasteiger partial charge in [0.05, 0.1) is 4.92 Å². The van der Waals surface area contributed by atoms with Gasteiger partial charge in [-0.2, -0.15) is 0 Å². The summed E-state index contributed by atoms with van der Waals surface area (Å²) >= 11 is 0. The average Bonchev–Trinajstić information content (AvgIpc) is 2.81. The van der Waals surface area contributed by atoms with E-state index in [-0.39, 0.29) is 11.5 Å². The summed E-state index contributed by atoms with van der Waals surface area (Å²) in [6.07, 6.45) is 3.62. The largest absolute Gasteiger partial charge is 0.364 e. The maximum absolute atomic E-state index is 11.0. The van der Waals surface area contributed by atoms with E-state index < -0.39 is 4.92 Å². The van der Waals surface area contributed by atoms with Crippen LogP contribution in [0, 0.1) is 22.0 Å². The maximum Gasteiger partial charge on any atom is 0.311 e. The van der Waals surface area contributed by atoms with Crippen molar-refractivity contribution in [2.75, 3.05) is 17.3 Å². The molecule has 1 saturated carbocycles. The zero-order chi connectivity index (χ0) is 13.8. The van der Waals surface area contributed by atoms with Crippen molar-refractivity contribution in [3.63, 3.8) is 0 Å². The summed E-state index contributed by atoms with van der Waals surface area (Å²) in [7, 11) is 0. The molecule has 0 radical (unpaired) electrons. The summed E-state index contributed by atoms with van der Waals surface area (Å²) < 4.78 is 0. The van der Waals surface area contributed by atoms with Crippen LogP contribution in [0.25, 0.3) is 0 Å². The number of nitrogens with zero attached hydrogens (tertiary/aromatic N) is 2. The molecule has 1 aromatic rings. The number of rotatable bonds is 5. The summed E-state index contributed by atoms with van der Waals surface area (Å²) in [5, 5.41) is 14.0. The van der Waals surface area contributed by atoms with E-state index in [4.69, 9.17) is 5.84 Å². The number of nitrogens with one attached hydrogen (secondary N) is 2. The lowest BCUT2D eigenvalue weighted by atomic mass is 9.98. The van der Waals surface area contributed by atoms with E-state index in [1.54, 1.807) is 0 Å². The van der Waals surface area contributed by atoms with Crippen molar-refractivity contribution in [1.82, 2.24) is 4.98 Å². The monoisotopic (exact) mass is 265 g/mol. The van der Waals surface area contributed by atoms with Crippen molar-refractivity contribution < 1.29 is 4.92 Å². The van der Waals surface area contributed by atoms with Gasteiger partial charge in [0.25, 0.3) is 0 Å². The molecule has 0 saturated heterocycles. The van der Waals surface area contributed by atoms with E-state index in [0.717, 1.165) is 6.42 Å². The molecule has 104 valence electrons. The molecule has 1 aliphatic carbocycles. The fourth-order valence-corrected chi connectivity index (χ4v) is 2.56. The number of nitrogen functional groups attached to an aromatic ring is 1. The highest BCUT2D eigenvalue weighted by Gasteiger charge is 2.24. The minimum Gasteiger partial charge on any atom is -0.364 e. The molecule has 2 atom stereocenters. The fourth-order valence-electron chi connectivity index (χ4n) is 2.56. The Kier molecular flexibility index (Phi) is 4.16. The summed E-state index contributed by atoms with van der Waals surface area (Å²) in [5.41, 5.74) is 2.37. The molecule has 4 N–H and O–H groups in total. The Balaban J connectivity index is 2.10. The van der Waals surface area contributed by atoms with Gasteiger partial charge < -0.3 is 10.7 Å². The number of aromatic nitrogens is 1. The molecule has 2 unspecified atom stereocenters. The molecule has 1 heterocycles. The predicted molar refractivity (Wildman–Crippen MR) is 73.7 cm³/mol. The third kappa shape index (κ3) is 3.11. The normalized spacial score (nSPS) is 22.2. The molecule has 1 aliphatic rings. The van der Waals surface area contributed by atoms with Gasteiger partial charge in [0.1, 0.15) is 5.82 Å². The zero-order valence-electron chi connectivity index (χ0n) is 10.9. The molecule has 7 nitrogen and oxygen atoms in total. The Morgan fingerprint density at radius 1 is 1.53 bits per heavy atom. The van der Waals surface area contributed by atoms with Crippen molar-refractivity contribution in [1.29, 1.82) is 0 Å². The predicted octanol–water partition coefficient (Wildman–Crippen LogP) is 2.12. The first-order valence-corrected chi connectivity index (χ1v) is 6.47. The second kappa shape index (κ2) is 5.83. The topological polar surface area (TPSA) is 106 Å². The molecule has 1 fully saturated rings. The first-order valence-electron chi connectivity index (χ1n) is 6.47. The highest BCUT2D eigenvalue weighted by Crippen LogP contribution is 2.32. The molecule has 0 aromatic carbocycles. The lowest BCUT2D eigenvalue weighted by molar-refractivity contribution is -0.384. The van der Waals surface area contributed by atoms with Crippen molar-refractivity contribution in [3.05, 3.63) is 22.2 Å². The van der Waals surface area contributed by atoms with Gasteiger partial charge >= 0.3 is 5.69 Å². The van der Waals surface area contributed by atoms with Gasteiger partial charge in [-0.25, -0.2) is 10.8 Å². The van der Waals surface area contributed by atoms with Gasteiger partial charge in [0.15, 0.2) is 0 Å². The van der Waals surface area contributed by atoms with E-state index in [0.29, 0.717) is 24.2 Å². The molecule has 7 heteroatoms. The number of anilines is 2. The molecule has 2 rings (SSSR count). The Hall–Kier alpha value is -1.89. The van der Waals surface area contributed by atoms with Crippen LogP contribution in [-0.2, 0) is 0 Å². The molecule has 0 bridgehead atoms. The second-order valence-corrected chi connectivity index (χ2v) is 5.01. The van der Waals surface area contributed by atoms with Crippen LogP contribution in [0.15, 0.2) is 12.1 Å². The number of hydrogen-bond donors (Lipinski definition) is 3. The van der Waals surface area contributed by atoms with Gasteiger partial charge in [-0.05, 0) is 24.3 Å². The van der Waals surface area contributed by atoms with E-state index in [9.17, 15) is 10.1 Å². The molecular formula is C12H19N5O2. The van der Waals surface area contributed by atoms with Crippen LogP contribution in [0.3, 0.4) is 0 Å². The van der Waals surface area contributed by atoms with Gasteiger partial charge in [-0.1, -0.05) is 19.8 Å². The summed E-state index contributed by atoms with van der Waals surface area (Å²) in [5.74, 6) is 7.17. The molecular weight excluding hydrogens is 246 g/mol. The van der Waals surface area contributed by atoms with E-state index in [1.807, 2.05) is 0 Å². The number of nitrogens with two attached hydrogens (primary N) is 1. The summed E-state index contributed by atoms with van der Waals surface area (Å²) in [4.78, 5) is 14.6.